The number of rotatable bonds is 13. The van der Waals surface area contributed by atoms with Crippen molar-refractivity contribution in [3.05, 3.63) is 96.1 Å². The molecule has 3 aromatic rings. The lowest BCUT2D eigenvalue weighted by molar-refractivity contribution is -0.0273. The quantitative estimate of drug-likeness (QED) is 0.264. The van der Waals surface area contributed by atoms with Gasteiger partial charge in [0.2, 0.25) is 0 Å². The van der Waals surface area contributed by atoms with E-state index in [1.54, 1.807) is 12.1 Å². The van der Waals surface area contributed by atoms with Crippen molar-refractivity contribution >= 4 is 16.8 Å². The lowest BCUT2D eigenvalue weighted by atomic mass is 9.90. The molecule has 0 aliphatic rings. The molecule has 34 heavy (non-hydrogen) atoms. The van der Waals surface area contributed by atoms with Crippen LogP contribution in [-0.4, -0.2) is 34.1 Å². The minimum atomic E-state index is -0.823. The molecule has 0 bridgehead atoms. The van der Waals surface area contributed by atoms with Gasteiger partial charge in [-0.1, -0.05) is 91.7 Å². The number of aliphatic hydroxyl groups is 2. The Morgan fingerprint density at radius 1 is 0.912 bits per heavy atom. The summed E-state index contributed by atoms with van der Waals surface area (Å²) in [5.74, 6) is -0.189. The van der Waals surface area contributed by atoms with Crippen LogP contribution in [0.3, 0.4) is 0 Å². The molecule has 0 aliphatic carbocycles. The monoisotopic (exact) mass is 460 g/mol. The number of phenolic OH excluding ortho intramolecular Hbond substituents is 1. The predicted molar refractivity (Wildman–Crippen MR) is 140 cm³/mol. The third-order valence-corrected chi connectivity index (χ3v) is 6.19. The zero-order valence-corrected chi connectivity index (χ0v) is 19.9. The van der Waals surface area contributed by atoms with Gasteiger partial charge in [-0.15, -0.1) is 6.58 Å². The summed E-state index contributed by atoms with van der Waals surface area (Å²) in [5, 5.41) is 33.5. The molecule has 0 saturated heterocycles. The van der Waals surface area contributed by atoms with Crippen molar-refractivity contribution in [2.45, 2.75) is 51.4 Å². The molecule has 3 N–H and O–H groups in total. The molecule has 0 aliphatic heterocycles. The summed E-state index contributed by atoms with van der Waals surface area (Å²) in [6.07, 6.45) is 5.40. The van der Waals surface area contributed by atoms with Crippen molar-refractivity contribution in [2.24, 2.45) is 5.92 Å². The third kappa shape index (κ3) is 7.04. The normalized spacial score (nSPS) is 14.6. The molecule has 0 unspecified atom stereocenters. The van der Waals surface area contributed by atoms with Crippen LogP contribution in [0.4, 0.5) is 0 Å². The van der Waals surface area contributed by atoms with Crippen molar-refractivity contribution in [1.29, 1.82) is 0 Å². The summed E-state index contributed by atoms with van der Waals surface area (Å²) < 4.78 is 5.67. The molecule has 4 nitrogen and oxygen atoms in total. The van der Waals surface area contributed by atoms with Crippen LogP contribution in [0.5, 0.6) is 5.75 Å². The van der Waals surface area contributed by atoms with Gasteiger partial charge in [0.1, 0.15) is 5.75 Å². The highest BCUT2D eigenvalue weighted by Gasteiger charge is 2.24. The first-order valence-corrected chi connectivity index (χ1v) is 12.0. The summed E-state index contributed by atoms with van der Waals surface area (Å²) in [7, 11) is 0. The van der Waals surface area contributed by atoms with E-state index in [-0.39, 0.29) is 12.4 Å². The van der Waals surface area contributed by atoms with Crippen LogP contribution < -0.4 is 0 Å². The van der Waals surface area contributed by atoms with Crippen molar-refractivity contribution in [3.8, 4) is 5.75 Å². The van der Waals surface area contributed by atoms with Gasteiger partial charge in [-0.05, 0) is 41.8 Å². The molecular formula is C30H36O4. The molecule has 3 atom stereocenters. The Bertz CT molecular complexity index is 1070. The fourth-order valence-electron chi connectivity index (χ4n) is 4.32. The van der Waals surface area contributed by atoms with Crippen LogP contribution in [0.1, 0.15) is 43.7 Å². The average Bonchev–Trinajstić information content (AvgIpc) is 2.85. The maximum Gasteiger partial charge on any atom is 0.123 e. The Kier molecular flexibility index (Phi) is 9.89. The van der Waals surface area contributed by atoms with Crippen molar-refractivity contribution in [2.75, 3.05) is 6.61 Å². The Hall–Kier alpha value is -2.92. The van der Waals surface area contributed by atoms with Gasteiger partial charge in [0.15, 0.2) is 0 Å². The molecule has 3 aromatic carbocycles. The summed E-state index contributed by atoms with van der Waals surface area (Å²) in [6, 6.07) is 21.3. The lowest BCUT2D eigenvalue weighted by Crippen LogP contribution is -2.33. The van der Waals surface area contributed by atoms with E-state index >= 15 is 0 Å². The first kappa shape index (κ1) is 25.7. The lowest BCUT2D eigenvalue weighted by Gasteiger charge is -2.25. The molecule has 0 radical (unpaired) electrons. The maximum atomic E-state index is 10.8. The minimum absolute atomic E-state index is 0.139. The van der Waals surface area contributed by atoms with E-state index in [9.17, 15) is 15.3 Å². The summed E-state index contributed by atoms with van der Waals surface area (Å²) >= 11 is 0. The number of fused-ring (bicyclic) bond motifs is 1. The number of aliphatic hydroxyl groups excluding tert-OH is 2. The molecule has 4 heteroatoms. The second-order valence-electron chi connectivity index (χ2n) is 8.76. The molecular weight excluding hydrogens is 424 g/mol. The SMILES string of the molecule is C=C[C@H]([C@H](O)CC/C(=C/c1ccc(O)c2ccccc12)CCC)[C@H](O)COCc1ccccc1. The topological polar surface area (TPSA) is 69.9 Å². The Morgan fingerprint density at radius 3 is 2.32 bits per heavy atom. The fraction of sp³-hybridized carbons (Fsp3) is 0.333. The number of benzene rings is 3. The molecule has 180 valence electrons. The van der Waals surface area contributed by atoms with Gasteiger partial charge in [-0.25, -0.2) is 0 Å². The highest BCUT2D eigenvalue weighted by atomic mass is 16.5. The summed E-state index contributed by atoms with van der Waals surface area (Å²) in [4.78, 5) is 0. The zero-order chi connectivity index (χ0) is 24.3. The summed E-state index contributed by atoms with van der Waals surface area (Å²) in [6.45, 7) is 6.52. The smallest absolute Gasteiger partial charge is 0.123 e. The number of allylic oxidation sites excluding steroid dienone is 1. The second-order valence-corrected chi connectivity index (χ2v) is 8.76. The molecule has 0 amide bonds. The van der Waals surface area contributed by atoms with Crippen molar-refractivity contribution in [1.82, 2.24) is 0 Å². The number of aromatic hydroxyl groups is 1. The van der Waals surface area contributed by atoms with Gasteiger partial charge in [-0.3, -0.25) is 0 Å². The van der Waals surface area contributed by atoms with E-state index in [1.165, 1.54) is 5.57 Å². The summed E-state index contributed by atoms with van der Waals surface area (Å²) in [5.41, 5.74) is 3.33. The van der Waals surface area contributed by atoms with E-state index in [0.717, 1.165) is 34.7 Å². The standard InChI is InChI=1S/C30H36O4/c1-3-10-22(19-24-16-18-29(32)27-14-9-8-13-26(24)27)15-17-28(31)25(4-2)30(33)21-34-20-23-11-6-5-7-12-23/h4-9,11-14,16,18-19,25,28,30-33H,2-3,10,15,17,20-21H2,1H3/b22-19+/t25-,28-,30-/m1/s1. The fourth-order valence-corrected chi connectivity index (χ4v) is 4.32. The van der Waals surface area contributed by atoms with Crippen molar-refractivity contribution in [3.63, 3.8) is 0 Å². The Morgan fingerprint density at radius 2 is 1.62 bits per heavy atom. The maximum absolute atomic E-state index is 10.8. The molecule has 0 heterocycles. The largest absolute Gasteiger partial charge is 0.507 e. The Labute approximate surface area is 202 Å². The van der Waals surface area contributed by atoms with Crippen LogP contribution in [0.15, 0.2) is 85.0 Å². The van der Waals surface area contributed by atoms with Gasteiger partial charge in [0.25, 0.3) is 0 Å². The average molecular weight is 461 g/mol. The number of ether oxygens (including phenoxy) is 1. The highest BCUT2D eigenvalue weighted by molar-refractivity contribution is 5.94. The molecule has 3 rings (SSSR count). The molecule has 0 spiro atoms. The molecule has 0 aromatic heterocycles. The van der Waals surface area contributed by atoms with Gasteiger partial charge in [-0.2, -0.15) is 0 Å². The van der Waals surface area contributed by atoms with E-state index in [2.05, 4.69) is 19.6 Å². The van der Waals surface area contributed by atoms with Crippen LogP contribution in [-0.2, 0) is 11.3 Å². The molecule has 0 fully saturated rings. The third-order valence-electron chi connectivity index (χ3n) is 6.19. The minimum Gasteiger partial charge on any atom is -0.507 e. The van der Waals surface area contributed by atoms with Crippen molar-refractivity contribution < 1.29 is 20.1 Å². The first-order valence-electron chi connectivity index (χ1n) is 12.0. The highest BCUT2D eigenvalue weighted by Crippen LogP contribution is 2.30. The van der Waals surface area contributed by atoms with Gasteiger partial charge >= 0.3 is 0 Å². The zero-order valence-electron chi connectivity index (χ0n) is 19.9. The number of phenols is 1. The predicted octanol–water partition coefficient (Wildman–Crippen LogP) is 6.25. The number of hydrogen-bond acceptors (Lipinski definition) is 4. The first-order chi connectivity index (χ1) is 16.5. The van der Waals surface area contributed by atoms with E-state index in [4.69, 9.17) is 4.74 Å². The van der Waals surface area contributed by atoms with Gasteiger partial charge in [0, 0.05) is 11.3 Å². The Balaban J connectivity index is 1.62. The van der Waals surface area contributed by atoms with Gasteiger partial charge in [0.05, 0.1) is 25.4 Å². The van der Waals surface area contributed by atoms with Gasteiger partial charge < -0.3 is 20.1 Å². The van der Waals surface area contributed by atoms with Crippen LogP contribution in [0.25, 0.3) is 16.8 Å². The van der Waals surface area contributed by atoms with E-state index < -0.39 is 18.1 Å². The van der Waals surface area contributed by atoms with E-state index in [0.29, 0.717) is 19.4 Å². The number of hydrogen-bond donors (Lipinski definition) is 3. The molecule has 0 saturated carbocycles. The van der Waals surface area contributed by atoms with Crippen LogP contribution in [0, 0.1) is 5.92 Å². The second kappa shape index (κ2) is 13.1. The van der Waals surface area contributed by atoms with Crippen LogP contribution in [0.2, 0.25) is 0 Å². The van der Waals surface area contributed by atoms with E-state index in [1.807, 2.05) is 60.7 Å². The van der Waals surface area contributed by atoms with Crippen LogP contribution >= 0.6 is 0 Å².